The van der Waals surface area contributed by atoms with Gasteiger partial charge in [-0.2, -0.15) is 5.26 Å². The Kier molecular flexibility index (Phi) is 7.99. The van der Waals surface area contributed by atoms with Crippen molar-refractivity contribution in [2.75, 3.05) is 0 Å². The second-order valence-corrected chi connectivity index (χ2v) is 9.03. The maximum Gasteiger partial charge on any atom is 0.251 e. The number of nitrogens with zero attached hydrogens (tertiary/aromatic N) is 2. The van der Waals surface area contributed by atoms with Gasteiger partial charge in [-0.3, -0.25) is 14.6 Å². The van der Waals surface area contributed by atoms with E-state index in [0.29, 0.717) is 24.3 Å². The summed E-state index contributed by atoms with van der Waals surface area (Å²) in [7, 11) is 0. The van der Waals surface area contributed by atoms with Gasteiger partial charge < -0.3 is 10.6 Å². The molecule has 1 aliphatic carbocycles. The number of pyridine rings is 1. The van der Waals surface area contributed by atoms with Gasteiger partial charge in [0.15, 0.2) is 0 Å². The van der Waals surface area contributed by atoms with E-state index in [1.807, 2.05) is 51.1 Å². The van der Waals surface area contributed by atoms with Crippen LogP contribution in [0.2, 0.25) is 0 Å². The summed E-state index contributed by atoms with van der Waals surface area (Å²) >= 11 is 0. The molecular formula is C26H32N4O2. The predicted molar refractivity (Wildman–Crippen MR) is 125 cm³/mol. The first-order chi connectivity index (χ1) is 15.4. The molecule has 0 spiro atoms. The smallest absolute Gasteiger partial charge is 0.251 e. The molecule has 168 valence electrons. The minimum atomic E-state index is -0.497. The summed E-state index contributed by atoms with van der Waals surface area (Å²) in [6.45, 7) is 6.00. The third kappa shape index (κ3) is 6.16. The fourth-order valence-electron chi connectivity index (χ4n) is 4.26. The van der Waals surface area contributed by atoms with Gasteiger partial charge in [0.25, 0.3) is 5.91 Å². The van der Waals surface area contributed by atoms with Crippen molar-refractivity contribution in [1.29, 1.82) is 5.26 Å². The van der Waals surface area contributed by atoms with Gasteiger partial charge in [0.2, 0.25) is 5.91 Å². The van der Waals surface area contributed by atoms with Crippen molar-refractivity contribution in [3.63, 3.8) is 0 Å². The molecule has 0 radical (unpaired) electrons. The molecule has 1 saturated carbocycles. The highest BCUT2D eigenvalue weighted by atomic mass is 16.2. The maximum absolute atomic E-state index is 12.9. The van der Waals surface area contributed by atoms with Gasteiger partial charge >= 0.3 is 0 Å². The fraction of sp³-hybridized carbons (Fsp3) is 0.462. The van der Waals surface area contributed by atoms with Crippen LogP contribution in [-0.4, -0.2) is 28.9 Å². The number of nitriles is 1. The standard InChI is InChI=1S/C26H32N4O2/c1-17(2)15-21(16-27)29-26(32)22-8-4-5-9-24(22)30-25(31)20-13-11-19(12-14-20)23-10-6-7-18(3)28-23/h6-7,10-14,17,21-22,24H,4-5,8-9,15H2,1-3H3,(H,29,32)(H,30,31)/t21-,22+,24?/m0/s1. The monoisotopic (exact) mass is 432 g/mol. The first-order valence-corrected chi connectivity index (χ1v) is 11.4. The Morgan fingerprint density at radius 3 is 2.50 bits per heavy atom. The number of aromatic nitrogens is 1. The van der Waals surface area contributed by atoms with Crippen LogP contribution >= 0.6 is 0 Å². The summed E-state index contributed by atoms with van der Waals surface area (Å²) in [5.41, 5.74) is 3.32. The van der Waals surface area contributed by atoms with E-state index in [2.05, 4.69) is 21.7 Å². The number of hydrogen-bond acceptors (Lipinski definition) is 4. The number of amides is 2. The Morgan fingerprint density at radius 1 is 1.12 bits per heavy atom. The molecule has 2 aromatic rings. The van der Waals surface area contributed by atoms with Gasteiger partial charge in [-0.25, -0.2) is 0 Å². The molecule has 32 heavy (non-hydrogen) atoms. The molecule has 1 fully saturated rings. The summed E-state index contributed by atoms with van der Waals surface area (Å²) < 4.78 is 0. The second kappa shape index (κ2) is 10.9. The van der Waals surface area contributed by atoms with Crippen LogP contribution in [0.25, 0.3) is 11.3 Å². The highest BCUT2D eigenvalue weighted by Gasteiger charge is 2.33. The van der Waals surface area contributed by atoms with Gasteiger partial charge in [0, 0.05) is 22.9 Å². The summed E-state index contributed by atoms with van der Waals surface area (Å²) in [5.74, 6) is -0.313. The lowest BCUT2D eigenvalue weighted by Crippen LogP contribution is -2.50. The molecule has 6 heteroatoms. The zero-order valence-corrected chi connectivity index (χ0v) is 19.1. The molecule has 3 rings (SSSR count). The quantitative estimate of drug-likeness (QED) is 0.678. The molecule has 0 saturated heterocycles. The van der Waals surface area contributed by atoms with Crippen LogP contribution < -0.4 is 10.6 Å². The summed E-state index contributed by atoms with van der Waals surface area (Å²) in [5, 5.41) is 15.3. The van der Waals surface area contributed by atoms with Crippen LogP contribution in [0.1, 0.15) is 62.0 Å². The Labute approximate surface area is 190 Å². The number of rotatable bonds is 7. The van der Waals surface area contributed by atoms with Crippen molar-refractivity contribution in [2.45, 2.75) is 65.0 Å². The SMILES string of the molecule is Cc1cccc(-c2ccc(C(=O)NC3CCCC[C@H]3C(=O)N[C@H](C#N)CC(C)C)cc2)n1. The number of hydrogen-bond donors (Lipinski definition) is 2. The topological polar surface area (TPSA) is 94.9 Å². The summed E-state index contributed by atoms with van der Waals surface area (Å²) in [4.78, 5) is 30.3. The number of carbonyl (C=O) groups excluding carboxylic acids is 2. The maximum atomic E-state index is 12.9. The number of benzene rings is 1. The van der Waals surface area contributed by atoms with E-state index in [1.165, 1.54) is 0 Å². The normalized spacial score (nSPS) is 19.1. The van der Waals surface area contributed by atoms with Gasteiger partial charge in [-0.05, 0) is 56.4 Å². The van der Waals surface area contributed by atoms with Crippen molar-refractivity contribution in [3.8, 4) is 17.3 Å². The number of carbonyl (C=O) groups is 2. The molecule has 1 aromatic carbocycles. The average Bonchev–Trinajstić information content (AvgIpc) is 2.78. The highest BCUT2D eigenvalue weighted by Crippen LogP contribution is 2.26. The third-order valence-corrected chi connectivity index (χ3v) is 5.93. The van der Waals surface area contributed by atoms with E-state index in [1.54, 1.807) is 12.1 Å². The fourth-order valence-corrected chi connectivity index (χ4v) is 4.26. The van der Waals surface area contributed by atoms with Crippen molar-refractivity contribution in [2.24, 2.45) is 11.8 Å². The second-order valence-electron chi connectivity index (χ2n) is 9.03. The zero-order valence-electron chi connectivity index (χ0n) is 19.1. The molecule has 0 aliphatic heterocycles. The van der Waals surface area contributed by atoms with Gasteiger partial charge in [0.05, 0.1) is 17.7 Å². The molecule has 1 heterocycles. The summed E-state index contributed by atoms with van der Waals surface area (Å²) in [6, 6.07) is 14.7. The largest absolute Gasteiger partial charge is 0.349 e. The molecule has 6 nitrogen and oxygen atoms in total. The van der Waals surface area contributed by atoms with E-state index in [0.717, 1.165) is 36.2 Å². The van der Waals surface area contributed by atoms with Crippen LogP contribution in [-0.2, 0) is 4.79 Å². The molecule has 2 amide bonds. The molecule has 1 aliphatic rings. The van der Waals surface area contributed by atoms with Crippen molar-refractivity contribution < 1.29 is 9.59 Å². The number of aryl methyl sites for hydroxylation is 1. The number of nitrogens with one attached hydrogen (secondary N) is 2. The van der Waals surface area contributed by atoms with E-state index < -0.39 is 6.04 Å². The Morgan fingerprint density at radius 2 is 1.84 bits per heavy atom. The van der Waals surface area contributed by atoms with Crippen LogP contribution in [0, 0.1) is 30.1 Å². The van der Waals surface area contributed by atoms with Crippen LogP contribution in [0.4, 0.5) is 0 Å². The van der Waals surface area contributed by atoms with Crippen molar-refractivity contribution in [1.82, 2.24) is 15.6 Å². The first-order valence-electron chi connectivity index (χ1n) is 11.4. The van der Waals surface area contributed by atoms with Crippen molar-refractivity contribution >= 4 is 11.8 Å². The van der Waals surface area contributed by atoms with Gasteiger partial charge in [-0.15, -0.1) is 0 Å². The van der Waals surface area contributed by atoms with Gasteiger partial charge in [-0.1, -0.05) is 44.9 Å². The molecule has 1 aromatic heterocycles. The highest BCUT2D eigenvalue weighted by molar-refractivity contribution is 5.95. The lowest BCUT2D eigenvalue weighted by atomic mass is 9.83. The minimum absolute atomic E-state index is 0.136. The van der Waals surface area contributed by atoms with E-state index >= 15 is 0 Å². The Balaban J connectivity index is 1.65. The molecule has 3 atom stereocenters. The molecule has 2 N–H and O–H groups in total. The lowest BCUT2D eigenvalue weighted by molar-refractivity contribution is -0.127. The van der Waals surface area contributed by atoms with E-state index in [-0.39, 0.29) is 23.8 Å². The molecule has 0 bridgehead atoms. The minimum Gasteiger partial charge on any atom is -0.349 e. The van der Waals surface area contributed by atoms with Crippen LogP contribution in [0.3, 0.4) is 0 Å². The van der Waals surface area contributed by atoms with Crippen LogP contribution in [0.5, 0.6) is 0 Å². The zero-order chi connectivity index (χ0) is 23.1. The first kappa shape index (κ1) is 23.5. The van der Waals surface area contributed by atoms with Gasteiger partial charge in [0.1, 0.15) is 6.04 Å². The predicted octanol–water partition coefficient (Wildman–Crippen LogP) is 4.40. The average molecular weight is 433 g/mol. The Bertz CT molecular complexity index is 978. The third-order valence-electron chi connectivity index (χ3n) is 5.93. The Hall–Kier alpha value is -3.20. The van der Waals surface area contributed by atoms with Crippen LogP contribution in [0.15, 0.2) is 42.5 Å². The molecular weight excluding hydrogens is 400 g/mol. The van der Waals surface area contributed by atoms with E-state index in [4.69, 9.17) is 0 Å². The van der Waals surface area contributed by atoms with E-state index in [9.17, 15) is 14.9 Å². The lowest BCUT2D eigenvalue weighted by Gasteiger charge is -2.32. The van der Waals surface area contributed by atoms with Crippen molar-refractivity contribution in [3.05, 3.63) is 53.7 Å². The molecule has 1 unspecified atom stereocenters. The summed E-state index contributed by atoms with van der Waals surface area (Å²) in [6.07, 6.45) is 4.02.